The molecular weight excluding hydrogens is 356 g/mol. The monoisotopic (exact) mass is 380 g/mol. The predicted octanol–water partition coefficient (Wildman–Crippen LogP) is 1.71. The van der Waals surface area contributed by atoms with Crippen LogP contribution in [0.15, 0.2) is 45.1 Å². The van der Waals surface area contributed by atoms with Crippen molar-refractivity contribution in [1.82, 2.24) is 9.13 Å². The smallest absolute Gasteiger partial charge is 0.332 e. The topological polar surface area (TPSA) is 76.3 Å². The molecule has 0 saturated heterocycles. The van der Waals surface area contributed by atoms with Gasteiger partial charge in [-0.2, -0.15) is 0 Å². The Labute approximate surface area is 162 Å². The third-order valence-electron chi connectivity index (χ3n) is 5.75. The quantitative estimate of drug-likeness (QED) is 0.859. The van der Waals surface area contributed by atoms with Crippen LogP contribution in [-0.2, 0) is 18.9 Å². The number of anilines is 2. The fraction of sp³-hybridized carbons (Fsp3) is 0.381. The third-order valence-corrected chi connectivity index (χ3v) is 5.75. The van der Waals surface area contributed by atoms with Crippen molar-refractivity contribution in [2.45, 2.75) is 25.2 Å². The van der Waals surface area contributed by atoms with Gasteiger partial charge in [0.05, 0.1) is 5.56 Å². The highest BCUT2D eigenvalue weighted by Gasteiger charge is 2.38. The van der Waals surface area contributed by atoms with Crippen LogP contribution in [0.2, 0.25) is 0 Å². The van der Waals surface area contributed by atoms with Gasteiger partial charge in [0.2, 0.25) is 0 Å². The number of allylic oxidation sites excluding steroid dienone is 2. The molecule has 1 N–H and O–H groups in total. The summed E-state index contributed by atoms with van der Waals surface area (Å²) in [5.41, 5.74) is 3.11. The zero-order chi connectivity index (χ0) is 20.2. The number of hydrogen-bond acceptors (Lipinski definition) is 5. The standard InChI is InChI=1S/C21H24N4O3/c1-23(2)13-10-8-12(9-11-13)16-17-14(6-5-7-15(17)26)22-19-18(16)20(27)25(4)21(28)24(19)3/h8-11,16,22H,5-7H2,1-4H3/t16-/m1/s1. The molecule has 2 heterocycles. The van der Waals surface area contributed by atoms with E-state index in [-0.39, 0.29) is 17.0 Å². The minimum absolute atomic E-state index is 0.0667. The van der Waals surface area contributed by atoms with E-state index < -0.39 is 5.92 Å². The Morgan fingerprint density at radius 3 is 2.32 bits per heavy atom. The van der Waals surface area contributed by atoms with Crippen molar-refractivity contribution in [3.8, 4) is 0 Å². The molecule has 2 aromatic rings. The first kappa shape index (κ1) is 18.3. The Morgan fingerprint density at radius 1 is 1.00 bits per heavy atom. The Hall–Kier alpha value is -3.09. The van der Waals surface area contributed by atoms with Crippen molar-refractivity contribution in [1.29, 1.82) is 0 Å². The molecule has 7 nitrogen and oxygen atoms in total. The molecule has 0 bridgehead atoms. The highest BCUT2D eigenvalue weighted by molar-refractivity contribution is 6.00. The molecule has 0 spiro atoms. The SMILES string of the molecule is CN(C)c1ccc([C@@H]2C3=C(CCCC3=O)Nc3c2c(=O)n(C)c(=O)n3C)cc1. The summed E-state index contributed by atoms with van der Waals surface area (Å²) in [5.74, 6) is 0.0843. The lowest BCUT2D eigenvalue weighted by molar-refractivity contribution is -0.116. The lowest BCUT2D eigenvalue weighted by atomic mass is 9.76. The van der Waals surface area contributed by atoms with Crippen molar-refractivity contribution < 1.29 is 4.79 Å². The number of Topliss-reactive ketones (excluding diaryl/α,β-unsaturated/α-hetero) is 1. The number of carbonyl (C=O) groups excluding carboxylic acids is 1. The number of fused-ring (bicyclic) bond motifs is 1. The van der Waals surface area contributed by atoms with E-state index in [1.807, 2.05) is 43.3 Å². The molecule has 0 radical (unpaired) electrons. The van der Waals surface area contributed by atoms with E-state index in [0.717, 1.165) is 34.4 Å². The number of nitrogens with zero attached hydrogens (tertiary/aromatic N) is 3. The number of aromatic nitrogens is 2. The van der Waals surface area contributed by atoms with Gasteiger partial charge >= 0.3 is 5.69 Å². The molecule has 28 heavy (non-hydrogen) atoms. The molecule has 1 atom stereocenters. The fourth-order valence-electron chi connectivity index (χ4n) is 4.20. The van der Waals surface area contributed by atoms with E-state index >= 15 is 0 Å². The molecule has 1 aromatic carbocycles. The van der Waals surface area contributed by atoms with E-state index in [4.69, 9.17) is 0 Å². The lowest BCUT2D eigenvalue weighted by Gasteiger charge is -2.34. The van der Waals surface area contributed by atoms with E-state index in [1.54, 1.807) is 7.05 Å². The largest absolute Gasteiger partial charge is 0.378 e. The van der Waals surface area contributed by atoms with Crippen LogP contribution in [0.25, 0.3) is 0 Å². The van der Waals surface area contributed by atoms with Crippen LogP contribution in [-0.4, -0.2) is 29.0 Å². The van der Waals surface area contributed by atoms with Crippen LogP contribution < -0.4 is 21.5 Å². The first-order chi connectivity index (χ1) is 13.3. The van der Waals surface area contributed by atoms with Gasteiger partial charge in [0.15, 0.2) is 5.78 Å². The summed E-state index contributed by atoms with van der Waals surface area (Å²) in [6, 6.07) is 7.90. The molecule has 4 rings (SSSR count). The van der Waals surface area contributed by atoms with Gasteiger partial charge in [0.1, 0.15) is 5.82 Å². The van der Waals surface area contributed by atoms with Crippen LogP contribution in [0.3, 0.4) is 0 Å². The fourth-order valence-corrected chi connectivity index (χ4v) is 4.20. The molecule has 1 aliphatic carbocycles. The minimum Gasteiger partial charge on any atom is -0.378 e. The zero-order valence-corrected chi connectivity index (χ0v) is 16.6. The van der Waals surface area contributed by atoms with Crippen LogP contribution in [0.1, 0.15) is 36.3 Å². The van der Waals surface area contributed by atoms with Gasteiger partial charge < -0.3 is 10.2 Å². The number of nitrogens with one attached hydrogen (secondary N) is 1. The van der Waals surface area contributed by atoms with Gasteiger partial charge in [-0.1, -0.05) is 12.1 Å². The molecular formula is C21H24N4O3. The second-order valence-electron chi connectivity index (χ2n) is 7.68. The van der Waals surface area contributed by atoms with Crippen LogP contribution in [0, 0.1) is 0 Å². The molecule has 1 aromatic heterocycles. The lowest BCUT2D eigenvalue weighted by Crippen LogP contribution is -2.44. The van der Waals surface area contributed by atoms with Crippen molar-refractivity contribution in [2.24, 2.45) is 14.1 Å². The van der Waals surface area contributed by atoms with E-state index in [0.29, 0.717) is 23.4 Å². The van der Waals surface area contributed by atoms with Crippen LogP contribution in [0.4, 0.5) is 11.5 Å². The summed E-state index contributed by atoms with van der Waals surface area (Å²) in [6.07, 6.45) is 1.98. The molecule has 0 fully saturated rings. The number of rotatable bonds is 2. The van der Waals surface area contributed by atoms with Gasteiger partial charge in [-0.3, -0.25) is 18.7 Å². The maximum absolute atomic E-state index is 13.1. The average molecular weight is 380 g/mol. The Morgan fingerprint density at radius 2 is 1.68 bits per heavy atom. The summed E-state index contributed by atoms with van der Waals surface area (Å²) in [5, 5.41) is 3.24. The van der Waals surface area contributed by atoms with E-state index in [9.17, 15) is 14.4 Å². The van der Waals surface area contributed by atoms with Gasteiger partial charge in [-0.05, 0) is 30.5 Å². The normalized spacial score (nSPS) is 18.4. The average Bonchev–Trinajstić information content (AvgIpc) is 2.69. The van der Waals surface area contributed by atoms with Crippen LogP contribution >= 0.6 is 0 Å². The minimum atomic E-state index is -0.472. The Balaban J connectivity index is 2.02. The van der Waals surface area contributed by atoms with Gasteiger partial charge in [0.25, 0.3) is 5.56 Å². The Kier molecular flexibility index (Phi) is 4.25. The summed E-state index contributed by atoms with van der Waals surface area (Å²) in [6.45, 7) is 0. The number of carbonyl (C=O) groups is 1. The first-order valence-corrected chi connectivity index (χ1v) is 9.41. The van der Waals surface area contributed by atoms with Crippen molar-refractivity contribution >= 4 is 17.3 Å². The van der Waals surface area contributed by atoms with E-state index in [2.05, 4.69) is 5.32 Å². The zero-order valence-electron chi connectivity index (χ0n) is 16.6. The van der Waals surface area contributed by atoms with Crippen molar-refractivity contribution in [2.75, 3.05) is 24.3 Å². The number of benzene rings is 1. The van der Waals surface area contributed by atoms with Crippen molar-refractivity contribution in [3.63, 3.8) is 0 Å². The number of ketones is 1. The van der Waals surface area contributed by atoms with Crippen molar-refractivity contribution in [3.05, 3.63) is 67.5 Å². The van der Waals surface area contributed by atoms with E-state index in [1.165, 1.54) is 11.6 Å². The second-order valence-corrected chi connectivity index (χ2v) is 7.68. The maximum Gasteiger partial charge on any atom is 0.332 e. The summed E-state index contributed by atoms with van der Waals surface area (Å²) in [7, 11) is 7.05. The predicted molar refractivity (Wildman–Crippen MR) is 109 cm³/mol. The van der Waals surface area contributed by atoms with Gasteiger partial charge in [-0.25, -0.2) is 4.79 Å². The molecule has 0 unspecified atom stereocenters. The number of hydrogen-bond donors (Lipinski definition) is 1. The highest BCUT2D eigenvalue weighted by atomic mass is 16.2. The molecule has 2 aliphatic rings. The molecule has 146 valence electrons. The summed E-state index contributed by atoms with van der Waals surface area (Å²) < 4.78 is 2.57. The molecule has 0 saturated carbocycles. The highest BCUT2D eigenvalue weighted by Crippen LogP contribution is 2.43. The molecule has 1 aliphatic heterocycles. The second kappa shape index (κ2) is 6.51. The maximum atomic E-state index is 13.1. The molecule has 7 heteroatoms. The first-order valence-electron chi connectivity index (χ1n) is 9.41. The summed E-state index contributed by atoms with van der Waals surface area (Å²) in [4.78, 5) is 40.4. The summed E-state index contributed by atoms with van der Waals surface area (Å²) >= 11 is 0. The third kappa shape index (κ3) is 2.61. The van der Waals surface area contributed by atoms with Crippen LogP contribution in [0.5, 0.6) is 0 Å². The Bertz CT molecular complexity index is 1120. The van der Waals surface area contributed by atoms with Gasteiger partial charge in [-0.15, -0.1) is 0 Å². The van der Waals surface area contributed by atoms with Gasteiger partial charge in [0, 0.05) is 57.5 Å². The molecule has 0 amide bonds.